The number of alkyl halides is 3. The molecule has 0 radical (unpaired) electrons. The van der Waals surface area contributed by atoms with E-state index in [1.54, 1.807) is 7.05 Å². The van der Waals surface area contributed by atoms with Crippen molar-refractivity contribution in [1.29, 1.82) is 0 Å². The minimum absolute atomic E-state index is 0.109. The lowest BCUT2D eigenvalue weighted by molar-refractivity contribution is -0.138. The van der Waals surface area contributed by atoms with Gasteiger partial charge in [0.2, 0.25) is 0 Å². The standard InChI is InChI=1S/C10H11F4N/c1-15-5-4-7-2-3-8(11)6-9(7)10(12,13)14/h2-3,6,15H,4-5H2,1H3. The molecule has 0 heterocycles. The Hall–Kier alpha value is -1.10. The van der Waals surface area contributed by atoms with Gasteiger partial charge in [-0.05, 0) is 37.7 Å². The van der Waals surface area contributed by atoms with E-state index in [1.165, 1.54) is 6.07 Å². The Bertz CT molecular complexity index is 333. The Kier molecular flexibility index (Phi) is 3.68. The van der Waals surface area contributed by atoms with Gasteiger partial charge in [-0.2, -0.15) is 13.2 Å². The number of nitrogens with one attached hydrogen (secondary N) is 1. The van der Waals surface area contributed by atoms with E-state index < -0.39 is 17.6 Å². The third kappa shape index (κ3) is 3.20. The van der Waals surface area contributed by atoms with Crippen molar-refractivity contribution in [2.75, 3.05) is 13.6 Å². The van der Waals surface area contributed by atoms with Crippen LogP contribution in [0, 0.1) is 5.82 Å². The number of benzene rings is 1. The van der Waals surface area contributed by atoms with Crippen molar-refractivity contribution in [3.8, 4) is 0 Å². The maximum Gasteiger partial charge on any atom is 0.416 e. The van der Waals surface area contributed by atoms with Crippen LogP contribution in [0.1, 0.15) is 11.1 Å². The predicted molar refractivity (Wildman–Crippen MR) is 49.0 cm³/mol. The molecule has 0 aliphatic rings. The summed E-state index contributed by atoms with van der Waals surface area (Å²) in [6, 6.07) is 2.75. The third-order valence-corrected chi connectivity index (χ3v) is 2.02. The number of hydrogen-bond donors (Lipinski definition) is 1. The van der Waals surface area contributed by atoms with Gasteiger partial charge in [0.1, 0.15) is 5.82 Å². The zero-order chi connectivity index (χ0) is 11.5. The fourth-order valence-electron chi connectivity index (χ4n) is 1.29. The summed E-state index contributed by atoms with van der Waals surface area (Å²) in [6.45, 7) is 0.425. The van der Waals surface area contributed by atoms with E-state index in [4.69, 9.17) is 0 Å². The second kappa shape index (κ2) is 4.61. The largest absolute Gasteiger partial charge is 0.416 e. The van der Waals surface area contributed by atoms with Gasteiger partial charge in [-0.25, -0.2) is 4.39 Å². The van der Waals surface area contributed by atoms with Gasteiger partial charge < -0.3 is 5.32 Å². The maximum atomic E-state index is 12.7. The molecule has 0 atom stereocenters. The van der Waals surface area contributed by atoms with Gasteiger partial charge in [0.25, 0.3) is 0 Å². The molecule has 15 heavy (non-hydrogen) atoms. The molecule has 0 aliphatic heterocycles. The van der Waals surface area contributed by atoms with E-state index in [2.05, 4.69) is 5.32 Å². The van der Waals surface area contributed by atoms with E-state index >= 15 is 0 Å². The molecule has 0 aliphatic carbocycles. The highest BCUT2D eigenvalue weighted by Gasteiger charge is 2.33. The van der Waals surface area contributed by atoms with Crippen LogP contribution in [0.15, 0.2) is 18.2 Å². The molecular weight excluding hydrogens is 210 g/mol. The highest BCUT2D eigenvalue weighted by atomic mass is 19.4. The summed E-state index contributed by atoms with van der Waals surface area (Å²) in [5.74, 6) is -0.865. The average molecular weight is 221 g/mol. The van der Waals surface area contributed by atoms with Gasteiger partial charge in [0.05, 0.1) is 5.56 Å². The van der Waals surface area contributed by atoms with E-state index in [0.717, 1.165) is 6.07 Å². The number of rotatable bonds is 3. The normalized spacial score (nSPS) is 11.8. The summed E-state index contributed by atoms with van der Waals surface area (Å²) in [5.41, 5.74) is -0.781. The Morgan fingerprint density at radius 1 is 1.27 bits per heavy atom. The van der Waals surface area contributed by atoms with Gasteiger partial charge in [0.15, 0.2) is 0 Å². The smallest absolute Gasteiger partial charge is 0.319 e. The molecule has 0 saturated carbocycles. The van der Waals surface area contributed by atoms with Crippen LogP contribution in [-0.2, 0) is 12.6 Å². The lowest BCUT2D eigenvalue weighted by Crippen LogP contribution is -2.15. The van der Waals surface area contributed by atoms with Crippen LogP contribution >= 0.6 is 0 Å². The topological polar surface area (TPSA) is 12.0 Å². The lowest BCUT2D eigenvalue weighted by Gasteiger charge is -2.12. The average Bonchev–Trinajstić information content (AvgIpc) is 2.14. The zero-order valence-electron chi connectivity index (χ0n) is 8.16. The van der Waals surface area contributed by atoms with Crippen molar-refractivity contribution in [1.82, 2.24) is 5.32 Å². The van der Waals surface area contributed by atoms with E-state index in [9.17, 15) is 17.6 Å². The highest BCUT2D eigenvalue weighted by molar-refractivity contribution is 5.30. The van der Waals surface area contributed by atoms with E-state index in [0.29, 0.717) is 12.6 Å². The van der Waals surface area contributed by atoms with Crippen LogP contribution in [-0.4, -0.2) is 13.6 Å². The summed E-state index contributed by atoms with van der Waals surface area (Å²) >= 11 is 0. The van der Waals surface area contributed by atoms with Crippen LogP contribution in [0.25, 0.3) is 0 Å². The van der Waals surface area contributed by atoms with Crippen molar-refractivity contribution in [3.63, 3.8) is 0 Å². The minimum Gasteiger partial charge on any atom is -0.319 e. The first-order chi connectivity index (χ1) is 6.95. The van der Waals surface area contributed by atoms with E-state index in [-0.39, 0.29) is 12.0 Å². The summed E-state index contributed by atoms with van der Waals surface area (Å²) in [4.78, 5) is 0. The molecule has 0 unspecified atom stereocenters. The lowest BCUT2D eigenvalue weighted by atomic mass is 10.0. The van der Waals surface area contributed by atoms with Crippen LogP contribution in [0.5, 0.6) is 0 Å². The molecule has 1 N–H and O–H groups in total. The first-order valence-corrected chi connectivity index (χ1v) is 4.45. The van der Waals surface area contributed by atoms with Crippen LogP contribution in [0.4, 0.5) is 17.6 Å². The molecule has 1 rings (SSSR count). The van der Waals surface area contributed by atoms with Gasteiger partial charge >= 0.3 is 6.18 Å². The number of hydrogen-bond acceptors (Lipinski definition) is 1. The van der Waals surface area contributed by atoms with Crippen molar-refractivity contribution in [2.45, 2.75) is 12.6 Å². The quantitative estimate of drug-likeness (QED) is 0.773. The summed E-state index contributed by atoms with van der Waals surface area (Å²) in [7, 11) is 1.65. The molecule has 0 amide bonds. The molecule has 0 fully saturated rings. The molecule has 1 aromatic carbocycles. The monoisotopic (exact) mass is 221 g/mol. The summed E-state index contributed by atoms with van der Waals surface area (Å²) < 4.78 is 50.1. The Balaban J connectivity index is 3.04. The fourth-order valence-corrected chi connectivity index (χ4v) is 1.29. The molecule has 0 saturated heterocycles. The van der Waals surface area contributed by atoms with Crippen LogP contribution < -0.4 is 5.32 Å². The molecular formula is C10H11F4N. The van der Waals surface area contributed by atoms with Crippen molar-refractivity contribution in [2.24, 2.45) is 0 Å². The maximum absolute atomic E-state index is 12.7. The second-order valence-corrected chi connectivity index (χ2v) is 3.15. The molecule has 1 aromatic rings. The molecule has 0 spiro atoms. The van der Waals surface area contributed by atoms with Crippen molar-refractivity contribution >= 4 is 0 Å². The Morgan fingerprint density at radius 3 is 2.47 bits per heavy atom. The molecule has 84 valence electrons. The number of halogens is 4. The van der Waals surface area contributed by atoms with Gasteiger partial charge in [-0.15, -0.1) is 0 Å². The van der Waals surface area contributed by atoms with E-state index in [1.807, 2.05) is 0 Å². The van der Waals surface area contributed by atoms with Crippen molar-refractivity contribution in [3.05, 3.63) is 35.1 Å². The van der Waals surface area contributed by atoms with Gasteiger partial charge in [0, 0.05) is 0 Å². The Labute approximate surface area is 85.1 Å². The fraction of sp³-hybridized carbons (Fsp3) is 0.400. The third-order valence-electron chi connectivity index (χ3n) is 2.02. The Morgan fingerprint density at radius 2 is 1.93 bits per heavy atom. The summed E-state index contributed by atoms with van der Waals surface area (Å²) in [6.07, 6.45) is -4.27. The molecule has 5 heteroatoms. The minimum atomic E-state index is -4.49. The highest BCUT2D eigenvalue weighted by Crippen LogP contribution is 2.32. The van der Waals surface area contributed by atoms with Crippen LogP contribution in [0.2, 0.25) is 0 Å². The zero-order valence-corrected chi connectivity index (χ0v) is 8.16. The SMILES string of the molecule is CNCCc1ccc(F)cc1C(F)(F)F. The predicted octanol–water partition coefficient (Wildman–Crippen LogP) is 2.61. The molecule has 1 nitrogen and oxygen atoms in total. The van der Waals surface area contributed by atoms with Crippen molar-refractivity contribution < 1.29 is 17.6 Å². The van der Waals surface area contributed by atoms with Gasteiger partial charge in [-0.3, -0.25) is 0 Å². The number of likely N-dealkylation sites (N-methyl/N-ethyl adjacent to an activating group) is 1. The molecule has 0 aromatic heterocycles. The molecule has 0 bridgehead atoms. The summed E-state index contributed by atoms with van der Waals surface area (Å²) in [5, 5.41) is 2.75. The first-order valence-electron chi connectivity index (χ1n) is 4.45. The van der Waals surface area contributed by atoms with Gasteiger partial charge in [-0.1, -0.05) is 6.07 Å². The second-order valence-electron chi connectivity index (χ2n) is 3.15. The van der Waals surface area contributed by atoms with Crippen LogP contribution in [0.3, 0.4) is 0 Å². The first kappa shape index (κ1) is 12.0.